The van der Waals surface area contributed by atoms with Crippen LogP contribution in [0.25, 0.3) is 0 Å². The van der Waals surface area contributed by atoms with Gasteiger partial charge in [0.15, 0.2) is 0 Å². The van der Waals surface area contributed by atoms with Crippen molar-refractivity contribution in [3.63, 3.8) is 0 Å². The van der Waals surface area contributed by atoms with Crippen LogP contribution in [0.4, 0.5) is 0 Å². The fourth-order valence-corrected chi connectivity index (χ4v) is 1.82. The molecule has 0 unspecified atom stereocenters. The first-order valence-electron chi connectivity index (χ1n) is 7.08. The zero-order valence-electron chi connectivity index (χ0n) is 12.8. The summed E-state index contributed by atoms with van der Waals surface area (Å²) in [5.74, 6) is 0.549. The number of benzene rings is 2. The lowest BCUT2D eigenvalue weighted by molar-refractivity contribution is 0.0955. The molecule has 2 aromatic carbocycles. The van der Waals surface area contributed by atoms with Gasteiger partial charge in [0, 0.05) is 5.56 Å². The molecule has 2 aromatic rings. The standard InChI is InChI=1S/C18H18N2O3/c1-3-12-23-17-10-6-15(7-11-17)18(22)20-19-13(2)14-4-8-16(21)9-5-14/h3-11,21H,1,12H2,2H3,(H,20,22). The van der Waals surface area contributed by atoms with Gasteiger partial charge in [0.2, 0.25) is 0 Å². The molecule has 0 aliphatic carbocycles. The third-order valence-corrected chi connectivity index (χ3v) is 3.09. The average molecular weight is 310 g/mol. The molecule has 2 rings (SSSR count). The Kier molecular flexibility index (Phi) is 5.52. The number of hydrazone groups is 1. The molecular formula is C18H18N2O3. The molecule has 23 heavy (non-hydrogen) atoms. The Bertz CT molecular complexity index is 704. The zero-order valence-corrected chi connectivity index (χ0v) is 12.8. The van der Waals surface area contributed by atoms with Crippen molar-refractivity contribution in [3.8, 4) is 11.5 Å². The molecule has 0 saturated heterocycles. The predicted octanol–water partition coefficient (Wildman–Crippen LogP) is 3.11. The lowest BCUT2D eigenvalue weighted by atomic mass is 10.1. The van der Waals surface area contributed by atoms with E-state index in [1.807, 2.05) is 0 Å². The second kappa shape index (κ2) is 7.79. The van der Waals surface area contributed by atoms with Crippen molar-refractivity contribution in [2.24, 2.45) is 5.10 Å². The van der Waals surface area contributed by atoms with Crippen molar-refractivity contribution >= 4 is 11.6 Å². The summed E-state index contributed by atoms with van der Waals surface area (Å²) < 4.78 is 5.36. The van der Waals surface area contributed by atoms with E-state index in [1.165, 1.54) is 0 Å². The summed E-state index contributed by atoms with van der Waals surface area (Å²) >= 11 is 0. The Hall–Kier alpha value is -3.08. The van der Waals surface area contributed by atoms with Gasteiger partial charge in [-0.05, 0) is 61.0 Å². The number of hydrogen-bond donors (Lipinski definition) is 2. The molecular weight excluding hydrogens is 292 g/mol. The van der Waals surface area contributed by atoms with Crippen LogP contribution in [-0.4, -0.2) is 23.3 Å². The summed E-state index contributed by atoms with van der Waals surface area (Å²) in [6.45, 7) is 5.77. The summed E-state index contributed by atoms with van der Waals surface area (Å²) in [6, 6.07) is 13.4. The second-order valence-corrected chi connectivity index (χ2v) is 4.81. The van der Waals surface area contributed by atoms with Gasteiger partial charge in [-0.15, -0.1) is 0 Å². The van der Waals surface area contributed by atoms with Crippen molar-refractivity contribution < 1.29 is 14.6 Å². The highest BCUT2D eigenvalue weighted by Gasteiger charge is 2.05. The number of phenols is 1. The minimum atomic E-state index is -0.307. The lowest BCUT2D eigenvalue weighted by Gasteiger charge is -2.05. The first-order chi connectivity index (χ1) is 11.1. The molecule has 5 nitrogen and oxygen atoms in total. The van der Waals surface area contributed by atoms with E-state index in [2.05, 4.69) is 17.1 Å². The zero-order chi connectivity index (χ0) is 16.7. The first-order valence-corrected chi connectivity index (χ1v) is 7.08. The fraction of sp³-hybridized carbons (Fsp3) is 0.111. The van der Waals surface area contributed by atoms with Crippen LogP contribution in [0, 0.1) is 0 Å². The molecule has 5 heteroatoms. The highest BCUT2D eigenvalue weighted by molar-refractivity contribution is 6.00. The maximum Gasteiger partial charge on any atom is 0.271 e. The monoisotopic (exact) mass is 310 g/mol. The minimum absolute atomic E-state index is 0.185. The Balaban J connectivity index is 1.99. The molecule has 0 bridgehead atoms. The molecule has 118 valence electrons. The molecule has 1 amide bonds. The molecule has 0 saturated carbocycles. The van der Waals surface area contributed by atoms with E-state index >= 15 is 0 Å². The minimum Gasteiger partial charge on any atom is -0.508 e. The number of phenolic OH excluding ortho intramolecular Hbond substituents is 1. The molecule has 0 spiro atoms. The largest absolute Gasteiger partial charge is 0.508 e. The summed E-state index contributed by atoms with van der Waals surface area (Å²) in [6.07, 6.45) is 1.65. The molecule has 0 atom stereocenters. The van der Waals surface area contributed by atoms with Crippen LogP contribution >= 0.6 is 0 Å². The molecule has 0 fully saturated rings. The normalized spacial score (nSPS) is 10.9. The number of rotatable bonds is 6. The average Bonchev–Trinajstić information content (AvgIpc) is 2.58. The SMILES string of the molecule is C=CCOc1ccc(C(=O)NN=C(C)c2ccc(O)cc2)cc1. The van der Waals surface area contributed by atoms with Gasteiger partial charge < -0.3 is 9.84 Å². The summed E-state index contributed by atoms with van der Waals surface area (Å²) in [5.41, 5.74) is 4.45. The van der Waals surface area contributed by atoms with Gasteiger partial charge in [0.25, 0.3) is 5.91 Å². The van der Waals surface area contributed by atoms with E-state index < -0.39 is 0 Å². The van der Waals surface area contributed by atoms with Crippen molar-refractivity contribution in [1.82, 2.24) is 5.43 Å². The van der Waals surface area contributed by atoms with Gasteiger partial charge in [-0.1, -0.05) is 12.7 Å². The van der Waals surface area contributed by atoms with E-state index in [4.69, 9.17) is 4.74 Å². The van der Waals surface area contributed by atoms with Crippen LogP contribution in [0.5, 0.6) is 11.5 Å². The third kappa shape index (κ3) is 4.71. The van der Waals surface area contributed by atoms with Crippen LogP contribution in [-0.2, 0) is 0 Å². The molecule has 0 heterocycles. The van der Waals surface area contributed by atoms with Crippen molar-refractivity contribution in [2.75, 3.05) is 6.61 Å². The van der Waals surface area contributed by atoms with Crippen LogP contribution in [0.1, 0.15) is 22.8 Å². The van der Waals surface area contributed by atoms with E-state index in [-0.39, 0.29) is 11.7 Å². The van der Waals surface area contributed by atoms with Gasteiger partial charge in [0.1, 0.15) is 18.1 Å². The van der Waals surface area contributed by atoms with Gasteiger partial charge in [-0.2, -0.15) is 5.10 Å². The summed E-state index contributed by atoms with van der Waals surface area (Å²) in [7, 11) is 0. The third-order valence-electron chi connectivity index (χ3n) is 3.09. The van der Waals surface area contributed by atoms with Crippen LogP contribution in [0.15, 0.2) is 66.3 Å². The maximum absolute atomic E-state index is 12.0. The van der Waals surface area contributed by atoms with Crippen molar-refractivity contribution in [3.05, 3.63) is 72.3 Å². The smallest absolute Gasteiger partial charge is 0.271 e. The number of nitrogens with zero attached hydrogens (tertiary/aromatic N) is 1. The lowest BCUT2D eigenvalue weighted by Crippen LogP contribution is -2.19. The van der Waals surface area contributed by atoms with Crippen LogP contribution < -0.4 is 10.2 Å². The molecule has 0 radical (unpaired) electrons. The van der Waals surface area contributed by atoms with E-state index in [0.29, 0.717) is 23.6 Å². The van der Waals surface area contributed by atoms with Crippen molar-refractivity contribution in [2.45, 2.75) is 6.92 Å². The highest BCUT2D eigenvalue weighted by atomic mass is 16.5. The summed E-state index contributed by atoms with van der Waals surface area (Å²) in [4.78, 5) is 12.0. The van der Waals surface area contributed by atoms with E-state index in [9.17, 15) is 9.90 Å². The van der Waals surface area contributed by atoms with Gasteiger partial charge in [-0.25, -0.2) is 5.43 Å². The number of ether oxygens (including phenoxy) is 1. The number of amides is 1. The van der Waals surface area contributed by atoms with Gasteiger partial charge in [0.05, 0.1) is 5.71 Å². The number of nitrogens with one attached hydrogen (secondary N) is 1. The predicted molar refractivity (Wildman–Crippen MR) is 89.9 cm³/mol. The van der Waals surface area contributed by atoms with E-state index in [1.54, 1.807) is 61.5 Å². The first kappa shape index (κ1) is 16.3. The van der Waals surface area contributed by atoms with Gasteiger partial charge >= 0.3 is 0 Å². The molecule has 0 aliphatic heterocycles. The maximum atomic E-state index is 12.0. The number of hydrogen-bond acceptors (Lipinski definition) is 4. The highest BCUT2D eigenvalue weighted by Crippen LogP contribution is 2.13. The Morgan fingerprint density at radius 3 is 2.39 bits per heavy atom. The topological polar surface area (TPSA) is 70.9 Å². The number of carbonyl (C=O) groups excluding carboxylic acids is 1. The fourth-order valence-electron chi connectivity index (χ4n) is 1.82. The van der Waals surface area contributed by atoms with Crippen LogP contribution in [0.2, 0.25) is 0 Å². The molecule has 0 aromatic heterocycles. The Labute approximate surface area is 134 Å². The number of carbonyl (C=O) groups is 1. The summed E-state index contributed by atoms with van der Waals surface area (Å²) in [5, 5.41) is 13.3. The van der Waals surface area contributed by atoms with Crippen molar-refractivity contribution in [1.29, 1.82) is 0 Å². The second-order valence-electron chi connectivity index (χ2n) is 4.81. The molecule has 0 aliphatic rings. The number of aromatic hydroxyl groups is 1. The Morgan fingerprint density at radius 2 is 1.78 bits per heavy atom. The van der Waals surface area contributed by atoms with E-state index in [0.717, 1.165) is 5.56 Å². The molecule has 2 N–H and O–H groups in total. The van der Waals surface area contributed by atoms with Crippen LogP contribution in [0.3, 0.4) is 0 Å². The quantitative estimate of drug-likeness (QED) is 0.489. The Morgan fingerprint density at radius 1 is 1.17 bits per heavy atom. The van der Waals surface area contributed by atoms with Gasteiger partial charge in [-0.3, -0.25) is 4.79 Å².